The summed E-state index contributed by atoms with van der Waals surface area (Å²) in [4.78, 5) is 50.0. The number of carbonyl (C=O) groups is 4. The molecule has 0 aromatic carbocycles. The normalized spacial score (nSPS) is 18.0. The molecule has 3 N–H and O–H groups in total. The van der Waals surface area contributed by atoms with Crippen molar-refractivity contribution in [1.82, 2.24) is 21.1 Å². The van der Waals surface area contributed by atoms with Crippen LogP contribution in [0.2, 0.25) is 0 Å². The maximum atomic E-state index is 13.1. The molecule has 3 atom stereocenters. The molecule has 1 aromatic heterocycles. The number of halogens is 5. The van der Waals surface area contributed by atoms with Crippen molar-refractivity contribution in [3.8, 4) is 0 Å². The van der Waals surface area contributed by atoms with E-state index in [1.54, 1.807) is 20.8 Å². The highest BCUT2D eigenvalue weighted by atomic mass is 19.4. The molecule has 1 saturated heterocycles. The summed E-state index contributed by atoms with van der Waals surface area (Å²) in [6.45, 7) is 4.10. The van der Waals surface area contributed by atoms with E-state index in [0.717, 1.165) is 0 Å². The van der Waals surface area contributed by atoms with Gasteiger partial charge in [-0.25, -0.2) is 8.78 Å². The first-order valence-electron chi connectivity index (χ1n) is 10.9. The van der Waals surface area contributed by atoms with Gasteiger partial charge in [0.25, 0.3) is 12.3 Å². The van der Waals surface area contributed by atoms with Gasteiger partial charge in [-0.3, -0.25) is 23.9 Å². The summed E-state index contributed by atoms with van der Waals surface area (Å²) in [6, 6.07) is -2.16. The van der Waals surface area contributed by atoms with Gasteiger partial charge in [-0.05, 0) is 24.7 Å². The molecule has 1 aromatic rings. The highest BCUT2D eigenvalue weighted by molar-refractivity contribution is 5.97. The van der Waals surface area contributed by atoms with Gasteiger partial charge in [0.2, 0.25) is 17.6 Å². The van der Waals surface area contributed by atoms with Crippen molar-refractivity contribution in [2.24, 2.45) is 11.3 Å². The predicted octanol–water partition coefficient (Wildman–Crippen LogP) is 2.26. The lowest BCUT2D eigenvalue weighted by atomic mass is 9.87. The van der Waals surface area contributed by atoms with Crippen molar-refractivity contribution in [3.63, 3.8) is 0 Å². The maximum absolute atomic E-state index is 13.1. The van der Waals surface area contributed by atoms with Gasteiger partial charge in [-0.1, -0.05) is 25.9 Å². The molecule has 0 bridgehead atoms. The van der Waals surface area contributed by atoms with Crippen LogP contribution in [0.5, 0.6) is 0 Å². The number of aromatic nitrogens is 1. The first kappa shape index (κ1) is 29.1. The molecule has 1 aliphatic heterocycles. The van der Waals surface area contributed by atoms with E-state index in [1.165, 1.54) is 0 Å². The number of amides is 3. The number of hydrogen-bond donors (Lipinski definition) is 3. The van der Waals surface area contributed by atoms with E-state index in [2.05, 4.69) is 30.4 Å². The summed E-state index contributed by atoms with van der Waals surface area (Å²) in [6.07, 6.45) is -8.10. The molecule has 1 fully saturated rings. The van der Waals surface area contributed by atoms with E-state index < -0.39 is 77.8 Å². The molecule has 3 amide bonds. The van der Waals surface area contributed by atoms with Crippen LogP contribution < -0.4 is 16.0 Å². The Balaban J connectivity index is 2.20. The zero-order chi connectivity index (χ0) is 27.3. The van der Waals surface area contributed by atoms with Gasteiger partial charge in [0.15, 0.2) is 11.5 Å². The van der Waals surface area contributed by atoms with Crippen LogP contribution in [-0.4, -0.2) is 60.3 Å². The maximum Gasteiger partial charge on any atom is 0.522 e. The smallest absolute Gasteiger partial charge is 0.356 e. The molecule has 2 heterocycles. The van der Waals surface area contributed by atoms with Crippen molar-refractivity contribution in [3.05, 3.63) is 17.5 Å². The molecule has 10 nitrogen and oxygen atoms in total. The molecular weight excluding hydrogens is 499 g/mol. The molecule has 15 heteroatoms. The van der Waals surface area contributed by atoms with Crippen LogP contribution in [0.3, 0.4) is 0 Å². The van der Waals surface area contributed by atoms with E-state index in [1.807, 2.05) is 0 Å². The molecule has 0 unspecified atom stereocenters. The Morgan fingerprint density at radius 3 is 2.36 bits per heavy atom. The van der Waals surface area contributed by atoms with Gasteiger partial charge < -0.3 is 20.5 Å². The Hall–Kier alpha value is -3.10. The number of carbonyl (C=O) groups excluding carboxylic acids is 4. The third kappa shape index (κ3) is 9.17. The van der Waals surface area contributed by atoms with E-state index in [4.69, 9.17) is 0 Å². The van der Waals surface area contributed by atoms with Crippen LogP contribution in [0, 0.1) is 11.3 Å². The minimum atomic E-state index is -5.09. The number of ketones is 1. The summed E-state index contributed by atoms with van der Waals surface area (Å²) in [7, 11) is 0. The third-order valence-electron chi connectivity index (χ3n) is 5.18. The van der Waals surface area contributed by atoms with Gasteiger partial charge in [0.1, 0.15) is 12.6 Å². The molecule has 202 valence electrons. The lowest BCUT2D eigenvalue weighted by Gasteiger charge is -2.28. The minimum Gasteiger partial charge on any atom is -0.356 e. The summed E-state index contributed by atoms with van der Waals surface area (Å²) < 4.78 is 70.8. The van der Waals surface area contributed by atoms with Crippen LogP contribution in [0.4, 0.5) is 22.0 Å². The molecule has 0 aliphatic carbocycles. The Bertz CT molecular complexity index is 959. The van der Waals surface area contributed by atoms with Crippen LogP contribution in [-0.2, 0) is 19.1 Å². The van der Waals surface area contributed by atoms with Crippen LogP contribution >= 0.6 is 0 Å². The first-order chi connectivity index (χ1) is 16.6. The second-order valence-electron chi connectivity index (χ2n) is 9.48. The standard InChI is InChI=1S/C21H27F5N4O6/c1-20(2,3)8-13(29-18(33)12-7-15(16(22)23)36-30-12)19(34)28-11(6-10-4-5-27-17(10)32)14(31)9-35-21(24,25)26/h7,10-11,13,16H,4-6,8-9H2,1-3H3,(H,27,32)(H,28,34)(H,29,33)/t10-,11-,13-/m0/s1. The quantitative estimate of drug-likeness (QED) is 0.376. The Morgan fingerprint density at radius 1 is 1.19 bits per heavy atom. The van der Waals surface area contributed by atoms with E-state index in [9.17, 15) is 41.1 Å². The zero-order valence-electron chi connectivity index (χ0n) is 19.7. The van der Waals surface area contributed by atoms with Gasteiger partial charge in [-0.2, -0.15) is 0 Å². The van der Waals surface area contributed by atoms with Crippen molar-refractivity contribution < 1.29 is 50.4 Å². The van der Waals surface area contributed by atoms with Gasteiger partial charge in [0.05, 0.1) is 6.04 Å². The molecule has 2 rings (SSSR count). The molecule has 0 radical (unpaired) electrons. The number of hydrogen-bond acceptors (Lipinski definition) is 7. The minimum absolute atomic E-state index is 0.00595. The van der Waals surface area contributed by atoms with E-state index in [0.29, 0.717) is 19.0 Å². The fourth-order valence-corrected chi connectivity index (χ4v) is 3.50. The lowest BCUT2D eigenvalue weighted by molar-refractivity contribution is -0.321. The summed E-state index contributed by atoms with van der Waals surface area (Å²) >= 11 is 0. The summed E-state index contributed by atoms with van der Waals surface area (Å²) in [5.74, 6) is -5.09. The molecule has 0 saturated carbocycles. The summed E-state index contributed by atoms with van der Waals surface area (Å²) in [5, 5.41) is 10.4. The first-order valence-corrected chi connectivity index (χ1v) is 10.9. The van der Waals surface area contributed by atoms with Gasteiger partial charge in [0, 0.05) is 18.5 Å². The fourth-order valence-electron chi connectivity index (χ4n) is 3.50. The number of rotatable bonds is 11. The predicted molar refractivity (Wildman–Crippen MR) is 111 cm³/mol. The van der Waals surface area contributed by atoms with Crippen LogP contribution in [0.25, 0.3) is 0 Å². The summed E-state index contributed by atoms with van der Waals surface area (Å²) in [5.41, 5.74) is -1.09. The SMILES string of the molecule is CC(C)(C)C[C@H](NC(=O)c1cc(C(F)F)on1)C(=O)N[C@@H](C[C@@H]1CCNC1=O)C(=O)COC(F)(F)F. The van der Waals surface area contributed by atoms with Crippen molar-refractivity contribution >= 4 is 23.5 Å². The topological polar surface area (TPSA) is 140 Å². The van der Waals surface area contributed by atoms with E-state index >= 15 is 0 Å². The fraction of sp³-hybridized carbons (Fsp3) is 0.667. The number of nitrogens with zero attached hydrogens (tertiary/aromatic N) is 1. The second kappa shape index (κ2) is 11.8. The molecule has 36 heavy (non-hydrogen) atoms. The number of ether oxygens (including phenoxy) is 1. The van der Waals surface area contributed by atoms with Gasteiger partial charge >= 0.3 is 6.36 Å². The van der Waals surface area contributed by atoms with E-state index in [-0.39, 0.29) is 12.8 Å². The Labute approximate surface area is 202 Å². The number of alkyl halides is 5. The lowest BCUT2D eigenvalue weighted by Crippen LogP contribution is -2.54. The largest absolute Gasteiger partial charge is 0.522 e. The molecule has 1 aliphatic rings. The van der Waals surface area contributed by atoms with Gasteiger partial charge in [-0.15, -0.1) is 13.2 Å². The Kier molecular flexibility index (Phi) is 9.51. The molecule has 0 spiro atoms. The average Bonchev–Trinajstić information content (AvgIpc) is 3.39. The third-order valence-corrected chi connectivity index (χ3v) is 5.18. The highest BCUT2D eigenvalue weighted by Gasteiger charge is 2.37. The van der Waals surface area contributed by atoms with Crippen molar-refractivity contribution in [1.29, 1.82) is 0 Å². The number of Topliss-reactive ketones (excluding diaryl/α,β-unsaturated/α-hetero) is 1. The second-order valence-corrected chi connectivity index (χ2v) is 9.48. The zero-order valence-corrected chi connectivity index (χ0v) is 19.7. The molecular formula is C21H27F5N4O6. The van der Waals surface area contributed by atoms with Crippen LogP contribution in [0.15, 0.2) is 10.6 Å². The number of nitrogens with one attached hydrogen (secondary N) is 3. The van der Waals surface area contributed by atoms with Crippen molar-refractivity contribution in [2.45, 2.75) is 64.9 Å². The highest BCUT2D eigenvalue weighted by Crippen LogP contribution is 2.24. The monoisotopic (exact) mass is 526 g/mol. The van der Waals surface area contributed by atoms with Crippen LogP contribution in [0.1, 0.15) is 62.7 Å². The average molecular weight is 526 g/mol. The Morgan fingerprint density at radius 2 is 1.86 bits per heavy atom. The van der Waals surface area contributed by atoms with Crippen molar-refractivity contribution in [2.75, 3.05) is 13.2 Å².